The first-order valence-electron chi connectivity index (χ1n) is 5.73. The van der Waals surface area contributed by atoms with Crippen LogP contribution in [0.3, 0.4) is 0 Å². The number of methoxy groups -OCH3 is 1. The van der Waals surface area contributed by atoms with Gasteiger partial charge in [-0.25, -0.2) is 21.6 Å². The van der Waals surface area contributed by atoms with E-state index in [1.54, 1.807) is 4.72 Å². The van der Waals surface area contributed by atoms with Crippen molar-refractivity contribution in [1.82, 2.24) is 0 Å². The van der Waals surface area contributed by atoms with Crippen LogP contribution < -0.4 is 4.72 Å². The van der Waals surface area contributed by atoms with E-state index in [1.807, 2.05) is 0 Å². The van der Waals surface area contributed by atoms with Crippen molar-refractivity contribution >= 4 is 31.5 Å². The van der Waals surface area contributed by atoms with E-state index in [-0.39, 0.29) is 0 Å². The van der Waals surface area contributed by atoms with Gasteiger partial charge in [-0.05, 0) is 18.2 Å². The molecule has 0 amide bonds. The summed E-state index contributed by atoms with van der Waals surface area (Å²) in [7, 11) is -7.45. The Morgan fingerprint density at radius 3 is 2.22 bits per heavy atom. The van der Waals surface area contributed by atoms with Gasteiger partial charge in [0.2, 0.25) is 10.0 Å². The van der Waals surface area contributed by atoms with Gasteiger partial charge in [-0.1, -0.05) is 0 Å². The van der Waals surface area contributed by atoms with Gasteiger partial charge >= 0.3 is 12.1 Å². The first-order valence-corrected chi connectivity index (χ1v) is 9.44. The van der Waals surface area contributed by atoms with Gasteiger partial charge < -0.3 is 4.74 Å². The maximum absolute atomic E-state index is 12.7. The number of alkyl halides is 3. The highest BCUT2D eigenvalue weighted by Crippen LogP contribution is 2.32. The molecular weight excluding hydrogens is 363 g/mol. The zero-order valence-corrected chi connectivity index (χ0v) is 13.5. The molecule has 0 atom stereocenters. The van der Waals surface area contributed by atoms with Gasteiger partial charge in [0.05, 0.1) is 23.9 Å². The Hall–Kier alpha value is -1.82. The predicted molar refractivity (Wildman–Crippen MR) is 75.0 cm³/mol. The summed E-state index contributed by atoms with van der Waals surface area (Å²) in [4.78, 5) is 11.5. The minimum atomic E-state index is -4.76. The van der Waals surface area contributed by atoms with E-state index in [0.29, 0.717) is 24.5 Å². The molecule has 0 saturated heterocycles. The number of nitrogens with one attached hydrogen (secondary N) is 1. The smallest absolute Gasteiger partial charge is 0.416 e. The number of hydrogen-bond donors (Lipinski definition) is 1. The topological polar surface area (TPSA) is 107 Å². The number of ether oxygens (including phenoxy) is 1. The zero-order chi connectivity index (χ0) is 18.1. The van der Waals surface area contributed by atoms with Crippen LogP contribution in [0.4, 0.5) is 18.9 Å². The van der Waals surface area contributed by atoms with Crippen LogP contribution in [0.5, 0.6) is 0 Å². The van der Waals surface area contributed by atoms with Crippen molar-refractivity contribution in [2.45, 2.75) is 6.18 Å². The Bertz CT molecular complexity index is 815. The maximum Gasteiger partial charge on any atom is 0.416 e. The lowest BCUT2D eigenvalue weighted by atomic mass is 10.1. The average Bonchev–Trinajstić information content (AvgIpc) is 2.33. The summed E-state index contributed by atoms with van der Waals surface area (Å²) in [6.07, 6.45) is -4.09. The minimum absolute atomic E-state index is 0.407. The Morgan fingerprint density at radius 2 is 1.78 bits per heavy atom. The largest absolute Gasteiger partial charge is 0.465 e. The van der Waals surface area contributed by atoms with Crippen molar-refractivity contribution in [1.29, 1.82) is 0 Å². The Labute approximate surface area is 130 Å². The minimum Gasteiger partial charge on any atom is -0.465 e. The van der Waals surface area contributed by atoms with Gasteiger partial charge in [0.1, 0.15) is 0 Å². The third-order valence-electron chi connectivity index (χ3n) is 2.39. The molecule has 0 aromatic heterocycles. The van der Waals surface area contributed by atoms with Crippen LogP contribution in [-0.4, -0.2) is 41.3 Å². The lowest BCUT2D eigenvalue weighted by molar-refractivity contribution is -0.137. The normalized spacial score (nSPS) is 12.7. The number of benzene rings is 1. The Kier molecular flexibility index (Phi) is 5.31. The quantitative estimate of drug-likeness (QED) is 0.776. The van der Waals surface area contributed by atoms with Gasteiger partial charge in [-0.3, -0.25) is 4.72 Å². The summed E-state index contributed by atoms with van der Waals surface area (Å²) in [6.45, 7) is 0. The summed E-state index contributed by atoms with van der Waals surface area (Å²) in [5.74, 6) is -1.21. The molecule has 0 aliphatic rings. The molecule has 0 heterocycles. The molecule has 0 aliphatic heterocycles. The van der Waals surface area contributed by atoms with Gasteiger partial charge in [0.25, 0.3) is 0 Å². The van der Waals surface area contributed by atoms with E-state index >= 15 is 0 Å². The van der Waals surface area contributed by atoms with E-state index in [4.69, 9.17) is 0 Å². The first-order chi connectivity index (χ1) is 10.2. The third kappa shape index (κ3) is 5.71. The van der Waals surface area contributed by atoms with Crippen molar-refractivity contribution in [3.05, 3.63) is 29.3 Å². The molecule has 0 unspecified atom stereocenters. The number of anilines is 1. The summed E-state index contributed by atoms with van der Waals surface area (Å²) in [6, 6.07) is 1.66. The summed E-state index contributed by atoms with van der Waals surface area (Å²) in [5, 5.41) is -1.29. The fourth-order valence-corrected chi connectivity index (χ4v) is 4.57. The molecule has 23 heavy (non-hydrogen) atoms. The number of rotatable bonds is 5. The highest BCUT2D eigenvalue weighted by molar-refractivity contribution is 8.08. The molecule has 0 radical (unpaired) electrons. The predicted octanol–water partition coefficient (Wildman–Crippen LogP) is 1.24. The van der Waals surface area contributed by atoms with E-state index in [2.05, 4.69) is 4.74 Å². The number of sulfonamides is 1. The summed E-state index contributed by atoms with van der Waals surface area (Å²) < 4.78 is 89.5. The second-order valence-corrected chi connectivity index (χ2v) is 8.74. The lowest BCUT2D eigenvalue weighted by Crippen LogP contribution is -2.23. The number of halogens is 3. The summed E-state index contributed by atoms with van der Waals surface area (Å²) in [5.41, 5.74) is -2.41. The van der Waals surface area contributed by atoms with Gasteiger partial charge in [-0.15, -0.1) is 0 Å². The average molecular weight is 375 g/mol. The molecule has 1 N–H and O–H groups in total. The van der Waals surface area contributed by atoms with Crippen molar-refractivity contribution in [3.63, 3.8) is 0 Å². The van der Waals surface area contributed by atoms with Crippen molar-refractivity contribution in [2.75, 3.05) is 23.2 Å². The number of carbonyl (C=O) groups excluding carboxylic acids is 1. The van der Waals surface area contributed by atoms with E-state index in [1.165, 1.54) is 0 Å². The fraction of sp³-hybridized carbons (Fsp3) is 0.364. The van der Waals surface area contributed by atoms with Crippen LogP contribution in [0.2, 0.25) is 0 Å². The molecule has 1 aromatic rings. The molecule has 0 spiro atoms. The summed E-state index contributed by atoms with van der Waals surface area (Å²) >= 11 is 0. The molecule has 1 rings (SSSR count). The molecule has 130 valence electrons. The van der Waals surface area contributed by atoms with Crippen molar-refractivity contribution in [2.24, 2.45) is 0 Å². The monoisotopic (exact) mass is 375 g/mol. The molecule has 7 nitrogen and oxygen atoms in total. The van der Waals surface area contributed by atoms with E-state index in [0.717, 1.165) is 7.11 Å². The highest BCUT2D eigenvalue weighted by Gasteiger charge is 2.32. The zero-order valence-electron chi connectivity index (χ0n) is 11.8. The second kappa shape index (κ2) is 6.35. The number of sulfone groups is 1. The molecular formula is C11H12F3NO6S2. The molecule has 1 aromatic carbocycles. The number of esters is 1. The number of carbonyl (C=O) groups is 1. The second-order valence-electron chi connectivity index (χ2n) is 4.51. The van der Waals surface area contributed by atoms with Gasteiger partial charge in [0, 0.05) is 6.26 Å². The number of hydrogen-bond acceptors (Lipinski definition) is 6. The maximum atomic E-state index is 12.7. The lowest BCUT2D eigenvalue weighted by Gasteiger charge is -2.14. The molecule has 0 fully saturated rings. The van der Waals surface area contributed by atoms with Crippen LogP contribution in [0.1, 0.15) is 15.9 Å². The van der Waals surface area contributed by atoms with Crippen LogP contribution >= 0.6 is 0 Å². The molecule has 12 heteroatoms. The molecule has 0 saturated carbocycles. The highest BCUT2D eigenvalue weighted by atomic mass is 32.3. The van der Waals surface area contributed by atoms with Crippen LogP contribution in [0.15, 0.2) is 18.2 Å². The van der Waals surface area contributed by atoms with Crippen LogP contribution in [-0.2, 0) is 30.8 Å². The molecule has 0 bridgehead atoms. The standard InChI is InChI=1S/C11H12F3NO6S2/c1-21-10(16)8-5-7(11(12,13)14)3-4-9(8)15-23(19,20)6-22(2,17)18/h3-5,15H,6H2,1-2H3. The van der Waals surface area contributed by atoms with E-state index in [9.17, 15) is 34.8 Å². The Balaban J connectivity index is 3.34. The molecule has 0 aliphatic carbocycles. The van der Waals surface area contributed by atoms with Gasteiger partial charge in [0.15, 0.2) is 14.9 Å². The van der Waals surface area contributed by atoms with Crippen LogP contribution in [0, 0.1) is 0 Å². The van der Waals surface area contributed by atoms with Crippen molar-refractivity contribution < 1.29 is 39.5 Å². The van der Waals surface area contributed by atoms with Crippen molar-refractivity contribution in [3.8, 4) is 0 Å². The van der Waals surface area contributed by atoms with Crippen LogP contribution in [0.25, 0.3) is 0 Å². The third-order valence-corrected chi connectivity index (χ3v) is 5.87. The Morgan fingerprint density at radius 1 is 1.22 bits per heavy atom. The van der Waals surface area contributed by atoms with E-state index < -0.39 is 53.9 Å². The fourth-order valence-electron chi connectivity index (χ4n) is 1.57. The first kappa shape index (κ1) is 19.2. The van der Waals surface area contributed by atoms with Gasteiger partial charge in [-0.2, -0.15) is 13.2 Å². The SMILES string of the molecule is COC(=O)c1cc(C(F)(F)F)ccc1NS(=O)(=O)CS(C)(=O)=O.